The Hall–Kier alpha value is -2.82. The van der Waals surface area contributed by atoms with E-state index in [0.29, 0.717) is 11.5 Å². The average molecular weight is 269 g/mol. The molecule has 0 spiro atoms. The number of aromatic nitrogens is 1. The zero-order chi connectivity index (χ0) is 14.1. The Balaban J connectivity index is 2.03. The number of carbonyl (C=O) groups is 1. The Morgan fingerprint density at radius 1 is 1.25 bits per heavy atom. The van der Waals surface area contributed by atoms with Crippen molar-refractivity contribution in [2.75, 3.05) is 7.11 Å². The van der Waals surface area contributed by atoms with E-state index in [-0.39, 0.29) is 5.56 Å². The van der Waals surface area contributed by atoms with E-state index in [9.17, 15) is 4.79 Å². The Morgan fingerprint density at radius 2 is 2.10 bits per heavy atom. The molecule has 5 nitrogen and oxygen atoms in total. The number of ether oxygens (including phenoxy) is 1. The molecule has 0 radical (unpaired) electrons. The van der Waals surface area contributed by atoms with Gasteiger partial charge in [-0.3, -0.25) is 4.98 Å². The lowest BCUT2D eigenvalue weighted by Gasteiger charge is -1.97. The highest BCUT2D eigenvalue weighted by Gasteiger charge is 2.09. The minimum atomic E-state index is -1.00. The van der Waals surface area contributed by atoms with Crippen LogP contribution >= 0.6 is 0 Å². The van der Waals surface area contributed by atoms with E-state index in [4.69, 9.17) is 14.3 Å². The summed E-state index contributed by atoms with van der Waals surface area (Å²) in [4.78, 5) is 14.9. The normalized spacial score (nSPS) is 10.7. The minimum Gasteiger partial charge on any atom is -0.497 e. The molecule has 0 saturated carbocycles. The number of nitrogens with zero attached hydrogens (tertiary/aromatic N) is 1. The van der Waals surface area contributed by atoms with Gasteiger partial charge in [0.15, 0.2) is 5.76 Å². The first-order valence-electron chi connectivity index (χ1n) is 5.94. The number of benzene rings is 1. The topological polar surface area (TPSA) is 72.6 Å². The molecule has 0 aliphatic rings. The monoisotopic (exact) mass is 269 g/mol. The predicted octanol–water partition coefficient (Wildman–Crippen LogP) is 3.20. The zero-order valence-electron chi connectivity index (χ0n) is 10.7. The fraction of sp³-hybridized carbons (Fsp3) is 0.0667. The van der Waals surface area contributed by atoms with Crippen molar-refractivity contribution >= 4 is 16.9 Å². The molecule has 1 aromatic carbocycles. The van der Waals surface area contributed by atoms with E-state index in [2.05, 4.69) is 4.98 Å². The first-order valence-corrected chi connectivity index (χ1v) is 5.94. The molecule has 0 bridgehead atoms. The maximum Gasteiger partial charge on any atom is 0.337 e. The number of fused-ring (bicyclic) bond motifs is 1. The molecule has 3 rings (SSSR count). The standard InChI is InChI=1S/C15H11NO4/c1-19-11-3-5-13-10(6-11)7-14(20-13)12-4-2-9(8-16-12)15(17)18/h2-8H,1H3,(H,17,18). The van der Waals surface area contributed by atoms with Crippen molar-refractivity contribution < 1.29 is 19.1 Å². The summed E-state index contributed by atoms with van der Waals surface area (Å²) in [5.41, 5.74) is 1.46. The molecule has 0 fully saturated rings. The lowest BCUT2D eigenvalue weighted by atomic mass is 10.2. The number of hydrogen-bond donors (Lipinski definition) is 1. The van der Waals surface area contributed by atoms with E-state index < -0.39 is 5.97 Å². The summed E-state index contributed by atoms with van der Waals surface area (Å²) in [5, 5.41) is 9.75. The van der Waals surface area contributed by atoms with Gasteiger partial charge in [-0.25, -0.2) is 4.79 Å². The molecule has 0 aliphatic heterocycles. The van der Waals surface area contributed by atoms with Crippen molar-refractivity contribution in [3.63, 3.8) is 0 Å². The Labute approximate surface area is 114 Å². The Kier molecular flexibility index (Phi) is 2.87. The molecule has 0 amide bonds. The summed E-state index contributed by atoms with van der Waals surface area (Å²) in [6.07, 6.45) is 1.31. The van der Waals surface area contributed by atoms with Gasteiger partial charge in [-0.05, 0) is 36.4 Å². The van der Waals surface area contributed by atoms with Gasteiger partial charge < -0.3 is 14.3 Å². The van der Waals surface area contributed by atoms with Crippen LogP contribution in [0.25, 0.3) is 22.4 Å². The first kappa shape index (κ1) is 12.2. The molecule has 2 aromatic heterocycles. The van der Waals surface area contributed by atoms with Gasteiger partial charge in [0, 0.05) is 11.6 Å². The van der Waals surface area contributed by atoms with Crippen LogP contribution in [0.3, 0.4) is 0 Å². The zero-order valence-corrected chi connectivity index (χ0v) is 10.7. The summed E-state index contributed by atoms with van der Waals surface area (Å²) in [6.45, 7) is 0. The fourth-order valence-electron chi connectivity index (χ4n) is 1.94. The van der Waals surface area contributed by atoms with E-state index in [1.165, 1.54) is 12.3 Å². The molecule has 5 heteroatoms. The highest BCUT2D eigenvalue weighted by atomic mass is 16.5. The number of hydrogen-bond acceptors (Lipinski definition) is 4. The van der Waals surface area contributed by atoms with Crippen molar-refractivity contribution in [1.29, 1.82) is 0 Å². The van der Waals surface area contributed by atoms with Crippen molar-refractivity contribution in [3.8, 4) is 17.2 Å². The quantitative estimate of drug-likeness (QED) is 0.790. The van der Waals surface area contributed by atoms with E-state index in [0.717, 1.165) is 16.7 Å². The first-order chi connectivity index (χ1) is 9.67. The van der Waals surface area contributed by atoms with Crippen molar-refractivity contribution in [2.24, 2.45) is 0 Å². The van der Waals surface area contributed by atoms with Crippen LogP contribution in [0, 0.1) is 0 Å². The molecule has 0 saturated heterocycles. The Bertz CT molecular complexity index is 774. The number of rotatable bonds is 3. The second-order valence-electron chi connectivity index (χ2n) is 4.25. The molecule has 20 heavy (non-hydrogen) atoms. The predicted molar refractivity (Wildman–Crippen MR) is 73.0 cm³/mol. The second-order valence-corrected chi connectivity index (χ2v) is 4.25. The summed E-state index contributed by atoms with van der Waals surface area (Å²) >= 11 is 0. The maximum atomic E-state index is 10.8. The van der Waals surface area contributed by atoms with Crippen LogP contribution < -0.4 is 4.74 Å². The van der Waals surface area contributed by atoms with Crippen LogP contribution in [0.15, 0.2) is 47.0 Å². The number of carboxylic acids is 1. The molecule has 0 unspecified atom stereocenters. The van der Waals surface area contributed by atoms with Gasteiger partial charge in [0.1, 0.15) is 17.0 Å². The van der Waals surface area contributed by atoms with Crippen LogP contribution in [-0.4, -0.2) is 23.2 Å². The number of carboxylic acid groups (broad SMARTS) is 1. The molecule has 1 N–H and O–H groups in total. The van der Waals surface area contributed by atoms with Crippen LogP contribution in [0.2, 0.25) is 0 Å². The number of pyridine rings is 1. The van der Waals surface area contributed by atoms with Crippen LogP contribution in [0.5, 0.6) is 5.75 Å². The Morgan fingerprint density at radius 3 is 2.75 bits per heavy atom. The third kappa shape index (κ3) is 2.09. The number of aromatic carboxylic acids is 1. The van der Waals surface area contributed by atoms with Gasteiger partial charge in [-0.2, -0.15) is 0 Å². The lowest BCUT2D eigenvalue weighted by Crippen LogP contribution is -1.96. The molecule has 3 aromatic rings. The summed E-state index contributed by atoms with van der Waals surface area (Å²) in [5.74, 6) is 0.336. The van der Waals surface area contributed by atoms with Gasteiger partial charge in [-0.1, -0.05) is 0 Å². The summed E-state index contributed by atoms with van der Waals surface area (Å²) in [7, 11) is 1.61. The molecule has 0 aliphatic carbocycles. The molecule has 100 valence electrons. The highest BCUT2D eigenvalue weighted by molar-refractivity contribution is 5.88. The van der Waals surface area contributed by atoms with Crippen LogP contribution in [0.4, 0.5) is 0 Å². The largest absolute Gasteiger partial charge is 0.497 e. The summed E-state index contributed by atoms with van der Waals surface area (Å²) < 4.78 is 10.8. The van der Waals surface area contributed by atoms with E-state index >= 15 is 0 Å². The van der Waals surface area contributed by atoms with E-state index in [1.54, 1.807) is 13.2 Å². The van der Waals surface area contributed by atoms with Crippen molar-refractivity contribution in [1.82, 2.24) is 4.98 Å². The average Bonchev–Trinajstić information content (AvgIpc) is 2.90. The van der Waals surface area contributed by atoms with Gasteiger partial charge in [0.2, 0.25) is 0 Å². The highest BCUT2D eigenvalue weighted by Crippen LogP contribution is 2.29. The third-order valence-corrected chi connectivity index (χ3v) is 2.99. The van der Waals surface area contributed by atoms with Crippen molar-refractivity contribution in [2.45, 2.75) is 0 Å². The summed E-state index contributed by atoms with van der Waals surface area (Å²) in [6, 6.07) is 10.5. The van der Waals surface area contributed by atoms with Crippen molar-refractivity contribution in [3.05, 3.63) is 48.2 Å². The molecule has 2 heterocycles. The molecule has 0 atom stereocenters. The number of furan rings is 1. The number of methoxy groups -OCH3 is 1. The SMILES string of the molecule is COc1ccc2oc(-c3ccc(C(=O)O)cn3)cc2c1. The maximum absolute atomic E-state index is 10.8. The third-order valence-electron chi connectivity index (χ3n) is 2.99. The van der Waals surface area contributed by atoms with E-state index in [1.807, 2.05) is 24.3 Å². The lowest BCUT2D eigenvalue weighted by molar-refractivity contribution is 0.0696. The van der Waals surface area contributed by atoms with Gasteiger partial charge in [0.05, 0.1) is 12.7 Å². The van der Waals surface area contributed by atoms with Gasteiger partial charge >= 0.3 is 5.97 Å². The van der Waals surface area contributed by atoms with Gasteiger partial charge in [-0.15, -0.1) is 0 Å². The minimum absolute atomic E-state index is 0.145. The van der Waals surface area contributed by atoms with Crippen LogP contribution in [-0.2, 0) is 0 Å². The van der Waals surface area contributed by atoms with Crippen LogP contribution in [0.1, 0.15) is 10.4 Å². The second kappa shape index (κ2) is 4.70. The van der Waals surface area contributed by atoms with Gasteiger partial charge in [0.25, 0.3) is 0 Å². The fourth-order valence-corrected chi connectivity index (χ4v) is 1.94. The molecular weight excluding hydrogens is 258 g/mol. The smallest absolute Gasteiger partial charge is 0.337 e. The molecular formula is C15H11NO4.